The van der Waals surface area contributed by atoms with Crippen molar-refractivity contribution in [3.05, 3.63) is 53.6 Å². The molecule has 2 aromatic carbocycles. The van der Waals surface area contributed by atoms with E-state index in [4.69, 9.17) is 4.74 Å². The van der Waals surface area contributed by atoms with Crippen LogP contribution in [0.25, 0.3) is 0 Å². The number of benzene rings is 2. The van der Waals surface area contributed by atoms with Crippen molar-refractivity contribution in [1.29, 1.82) is 0 Å². The molecule has 8 heteroatoms. The van der Waals surface area contributed by atoms with E-state index < -0.39 is 10.0 Å². The predicted octanol–water partition coefficient (Wildman–Crippen LogP) is 3.21. The van der Waals surface area contributed by atoms with Crippen LogP contribution in [0.2, 0.25) is 0 Å². The number of thioether (sulfide) groups is 1. The van der Waals surface area contributed by atoms with Crippen molar-refractivity contribution in [2.45, 2.75) is 29.7 Å². The highest BCUT2D eigenvalue weighted by Gasteiger charge is 2.21. The third kappa shape index (κ3) is 5.24. The van der Waals surface area contributed by atoms with E-state index in [0.717, 1.165) is 10.5 Å². The number of hydrogen-bond acceptors (Lipinski definition) is 5. The van der Waals surface area contributed by atoms with E-state index in [2.05, 4.69) is 10.0 Å². The summed E-state index contributed by atoms with van der Waals surface area (Å²) in [5.41, 5.74) is 1.22. The highest BCUT2D eigenvalue weighted by Crippen LogP contribution is 2.25. The fourth-order valence-corrected chi connectivity index (χ4v) is 4.19. The molecule has 0 saturated carbocycles. The molecule has 0 saturated heterocycles. The number of ether oxygens (including phenoxy) is 1. The molecule has 2 N–H and O–H groups in total. The average Bonchev–Trinajstić information content (AvgIpc) is 2.67. The third-order valence-corrected chi connectivity index (χ3v) is 6.32. The number of hydrogen-bond donors (Lipinski definition) is 2. The summed E-state index contributed by atoms with van der Waals surface area (Å²) in [5.74, 6) is -0.166. The van der Waals surface area contributed by atoms with Gasteiger partial charge in [-0.05, 0) is 49.1 Å². The highest BCUT2D eigenvalue weighted by molar-refractivity contribution is 7.98. The first-order valence-electron chi connectivity index (χ1n) is 8.45. The molecule has 27 heavy (non-hydrogen) atoms. The molecular formula is C19H24N2O4S2. The number of sulfonamides is 1. The van der Waals surface area contributed by atoms with Crippen molar-refractivity contribution < 1.29 is 17.9 Å². The lowest BCUT2D eigenvalue weighted by molar-refractivity contribution is 0.0939. The maximum Gasteiger partial charge on any atom is 0.251 e. The number of amides is 1. The van der Waals surface area contributed by atoms with Gasteiger partial charge in [0, 0.05) is 17.0 Å². The van der Waals surface area contributed by atoms with Crippen LogP contribution in [-0.2, 0) is 10.0 Å². The van der Waals surface area contributed by atoms with E-state index in [1.165, 1.54) is 19.2 Å². The smallest absolute Gasteiger partial charge is 0.251 e. The first-order valence-corrected chi connectivity index (χ1v) is 11.2. The second-order valence-corrected chi connectivity index (χ2v) is 8.45. The van der Waals surface area contributed by atoms with E-state index in [1.54, 1.807) is 24.8 Å². The Hall–Kier alpha value is -2.03. The minimum Gasteiger partial charge on any atom is -0.495 e. The Morgan fingerprint density at radius 1 is 1.19 bits per heavy atom. The summed E-state index contributed by atoms with van der Waals surface area (Å²) in [6.07, 6.45) is 2.00. The molecule has 0 aliphatic rings. The van der Waals surface area contributed by atoms with Crippen molar-refractivity contribution in [3.8, 4) is 5.75 Å². The summed E-state index contributed by atoms with van der Waals surface area (Å²) in [6, 6.07) is 12.1. The van der Waals surface area contributed by atoms with Gasteiger partial charge in [0.05, 0.1) is 13.2 Å². The van der Waals surface area contributed by atoms with Crippen LogP contribution < -0.4 is 14.8 Å². The Bertz CT molecular complexity index is 896. The van der Waals surface area contributed by atoms with Gasteiger partial charge in [0.15, 0.2) is 0 Å². The molecule has 0 radical (unpaired) electrons. The lowest BCUT2D eigenvalue weighted by atomic mass is 10.1. The number of rotatable bonds is 8. The molecular weight excluding hydrogens is 384 g/mol. The van der Waals surface area contributed by atoms with Gasteiger partial charge in [-0.3, -0.25) is 4.79 Å². The second-order valence-electron chi connectivity index (χ2n) is 5.84. The Labute approximate surface area is 164 Å². The van der Waals surface area contributed by atoms with Crippen LogP contribution in [0.15, 0.2) is 52.3 Å². The van der Waals surface area contributed by atoms with Gasteiger partial charge in [-0.2, -0.15) is 0 Å². The summed E-state index contributed by atoms with van der Waals surface area (Å²) in [7, 11) is -2.37. The quantitative estimate of drug-likeness (QED) is 0.655. The van der Waals surface area contributed by atoms with Crippen molar-refractivity contribution in [3.63, 3.8) is 0 Å². The molecule has 0 fully saturated rings. The standard InChI is InChI=1S/C19H24N2O4S2/c1-5-20-27(23,24)18-12-15(8-11-17(18)25-3)19(22)21-13(2)14-6-9-16(26-4)10-7-14/h6-13,20H,5H2,1-4H3,(H,21,22)/t13-/m0/s1. The van der Waals surface area contributed by atoms with Gasteiger partial charge in [-0.1, -0.05) is 19.1 Å². The zero-order chi connectivity index (χ0) is 20.0. The maximum absolute atomic E-state index is 12.6. The minimum atomic E-state index is -3.75. The average molecular weight is 409 g/mol. The third-order valence-electron chi connectivity index (χ3n) is 4.01. The lowest BCUT2D eigenvalue weighted by Crippen LogP contribution is -2.28. The van der Waals surface area contributed by atoms with Crippen LogP contribution in [0.4, 0.5) is 0 Å². The van der Waals surface area contributed by atoms with Gasteiger partial charge in [-0.25, -0.2) is 13.1 Å². The number of carbonyl (C=O) groups excluding carboxylic acids is 1. The van der Waals surface area contributed by atoms with E-state index in [9.17, 15) is 13.2 Å². The molecule has 0 aliphatic heterocycles. The summed E-state index contributed by atoms with van der Waals surface area (Å²) in [4.78, 5) is 13.7. The van der Waals surface area contributed by atoms with Gasteiger partial charge in [0.1, 0.15) is 10.6 Å². The molecule has 0 aliphatic carbocycles. The van der Waals surface area contributed by atoms with Crippen LogP contribution in [0.3, 0.4) is 0 Å². The predicted molar refractivity (Wildman–Crippen MR) is 108 cm³/mol. The molecule has 0 heterocycles. The molecule has 2 aromatic rings. The van der Waals surface area contributed by atoms with Crippen LogP contribution in [0.5, 0.6) is 5.75 Å². The summed E-state index contributed by atoms with van der Waals surface area (Å²) < 4.78 is 32.3. The first-order chi connectivity index (χ1) is 12.8. The highest BCUT2D eigenvalue weighted by atomic mass is 32.2. The van der Waals surface area contributed by atoms with Crippen molar-refractivity contribution in [1.82, 2.24) is 10.0 Å². The maximum atomic E-state index is 12.6. The van der Waals surface area contributed by atoms with E-state index >= 15 is 0 Å². The molecule has 1 atom stereocenters. The molecule has 2 rings (SSSR count). The van der Waals surface area contributed by atoms with Crippen molar-refractivity contribution >= 4 is 27.7 Å². The second kappa shape index (κ2) is 9.25. The largest absolute Gasteiger partial charge is 0.495 e. The number of methoxy groups -OCH3 is 1. The van der Waals surface area contributed by atoms with Gasteiger partial charge < -0.3 is 10.1 Å². The van der Waals surface area contributed by atoms with E-state index in [0.29, 0.717) is 0 Å². The van der Waals surface area contributed by atoms with Crippen molar-refractivity contribution in [2.24, 2.45) is 0 Å². The molecule has 0 spiro atoms. The SMILES string of the molecule is CCNS(=O)(=O)c1cc(C(=O)N[C@@H](C)c2ccc(SC)cc2)ccc1OC. The van der Waals surface area contributed by atoms with Crippen LogP contribution in [0, 0.1) is 0 Å². The normalized spacial score (nSPS) is 12.4. The minimum absolute atomic E-state index is 0.0588. The molecule has 6 nitrogen and oxygen atoms in total. The Morgan fingerprint density at radius 2 is 1.85 bits per heavy atom. The lowest BCUT2D eigenvalue weighted by Gasteiger charge is -2.16. The number of carbonyl (C=O) groups is 1. The summed E-state index contributed by atoms with van der Waals surface area (Å²) in [5, 5.41) is 2.90. The molecule has 0 aromatic heterocycles. The zero-order valence-corrected chi connectivity index (χ0v) is 17.4. The molecule has 0 unspecified atom stereocenters. The molecule has 0 bridgehead atoms. The Balaban J connectivity index is 2.25. The van der Waals surface area contributed by atoms with E-state index in [-0.39, 0.29) is 34.7 Å². The van der Waals surface area contributed by atoms with Gasteiger partial charge >= 0.3 is 0 Å². The van der Waals surface area contributed by atoms with Crippen LogP contribution in [-0.4, -0.2) is 34.2 Å². The fraction of sp³-hybridized carbons (Fsp3) is 0.316. The topological polar surface area (TPSA) is 84.5 Å². The van der Waals surface area contributed by atoms with Gasteiger partial charge in [0.2, 0.25) is 10.0 Å². The number of nitrogens with one attached hydrogen (secondary N) is 2. The van der Waals surface area contributed by atoms with Gasteiger partial charge in [0.25, 0.3) is 5.91 Å². The zero-order valence-electron chi connectivity index (χ0n) is 15.8. The van der Waals surface area contributed by atoms with Crippen LogP contribution in [0.1, 0.15) is 35.8 Å². The first kappa shape index (κ1) is 21.3. The molecule has 1 amide bonds. The Morgan fingerprint density at radius 3 is 2.41 bits per heavy atom. The van der Waals surface area contributed by atoms with Crippen molar-refractivity contribution in [2.75, 3.05) is 19.9 Å². The monoisotopic (exact) mass is 408 g/mol. The summed E-state index contributed by atoms with van der Waals surface area (Å²) in [6.45, 7) is 3.81. The van der Waals surface area contributed by atoms with E-state index in [1.807, 2.05) is 37.4 Å². The molecule has 146 valence electrons. The Kier molecular flexibility index (Phi) is 7.29. The van der Waals surface area contributed by atoms with Crippen LogP contribution >= 0.6 is 11.8 Å². The van der Waals surface area contributed by atoms with Gasteiger partial charge in [-0.15, -0.1) is 11.8 Å². The summed E-state index contributed by atoms with van der Waals surface area (Å²) >= 11 is 1.65. The fourth-order valence-electron chi connectivity index (χ4n) is 2.55.